The van der Waals surface area contributed by atoms with E-state index in [4.69, 9.17) is 0 Å². The molecule has 0 aliphatic heterocycles. The maximum atomic E-state index is 12.3. The van der Waals surface area contributed by atoms with E-state index in [2.05, 4.69) is 29.1 Å². The van der Waals surface area contributed by atoms with Gasteiger partial charge in [0.25, 0.3) is 5.56 Å². The first kappa shape index (κ1) is 14.3. The minimum atomic E-state index is -0.0707. The van der Waals surface area contributed by atoms with Crippen LogP contribution in [-0.2, 0) is 13.1 Å². The summed E-state index contributed by atoms with van der Waals surface area (Å²) < 4.78 is 3.66. The maximum Gasteiger partial charge on any atom is 0.293 e. The van der Waals surface area contributed by atoms with E-state index < -0.39 is 0 Å². The van der Waals surface area contributed by atoms with E-state index in [1.807, 2.05) is 17.7 Å². The Balaban J connectivity index is 2.07. The van der Waals surface area contributed by atoms with E-state index in [0.717, 1.165) is 6.54 Å². The standard InChI is InChI=1S/C14H21N5O/c1-11(2)8-19-7-5-16-13(14(19)20)17-12(3)9-18-6-4-15-10-18/h4-7,10-12H,8-9H2,1-3H3,(H,16,17). The zero-order chi connectivity index (χ0) is 14.5. The van der Waals surface area contributed by atoms with E-state index >= 15 is 0 Å². The van der Waals surface area contributed by atoms with Crippen molar-refractivity contribution >= 4 is 5.82 Å². The Morgan fingerprint density at radius 3 is 2.65 bits per heavy atom. The van der Waals surface area contributed by atoms with Crippen molar-refractivity contribution in [1.29, 1.82) is 0 Å². The summed E-state index contributed by atoms with van der Waals surface area (Å²) in [6.45, 7) is 7.62. The fourth-order valence-corrected chi connectivity index (χ4v) is 2.07. The summed E-state index contributed by atoms with van der Waals surface area (Å²) in [6, 6.07) is 0.0966. The van der Waals surface area contributed by atoms with Crippen molar-refractivity contribution in [2.45, 2.75) is 39.9 Å². The van der Waals surface area contributed by atoms with Gasteiger partial charge in [0.15, 0.2) is 5.82 Å². The van der Waals surface area contributed by atoms with Gasteiger partial charge in [0, 0.05) is 43.9 Å². The molecule has 0 amide bonds. The Labute approximate surface area is 118 Å². The summed E-state index contributed by atoms with van der Waals surface area (Å²) in [5.74, 6) is 0.826. The lowest BCUT2D eigenvalue weighted by Crippen LogP contribution is -2.30. The summed E-state index contributed by atoms with van der Waals surface area (Å²) in [6.07, 6.45) is 8.79. The molecular weight excluding hydrogens is 254 g/mol. The number of imidazole rings is 1. The Bertz CT molecular complexity index is 588. The first-order chi connectivity index (χ1) is 9.56. The number of nitrogens with zero attached hydrogens (tertiary/aromatic N) is 4. The predicted octanol–water partition coefficient (Wildman–Crippen LogP) is 1.60. The molecule has 20 heavy (non-hydrogen) atoms. The van der Waals surface area contributed by atoms with Crippen LogP contribution < -0.4 is 10.9 Å². The first-order valence-corrected chi connectivity index (χ1v) is 6.84. The van der Waals surface area contributed by atoms with Gasteiger partial charge in [-0.2, -0.15) is 0 Å². The Morgan fingerprint density at radius 2 is 2.00 bits per heavy atom. The summed E-state index contributed by atoms with van der Waals surface area (Å²) in [5.41, 5.74) is -0.0707. The van der Waals surface area contributed by atoms with Crippen molar-refractivity contribution in [1.82, 2.24) is 19.1 Å². The number of nitrogens with one attached hydrogen (secondary N) is 1. The summed E-state index contributed by atoms with van der Waals surface area (Å²) in [7, 11) is 0. The molecule has 108 valence electrons. The van der Waals surface area contributed by atoms with Crippen LogP contribution in [0.2, 0.25) is 0 Å². The van der Waals surface area contributed by atoms with E-state index in [-0.39, 0.29) is 11.6 Å². The predicted molar refractivity (Wildman–Crippen MR) is 78.6 cm³/mol. The van der Waals surface area contributed by atoms with Gasteiger partial charge in [0.1, 0.15) is 0 Å². The number of anilines is 1. The third-order valence-corrected chi connectivity index (χ3v) is 2.90. The van der Waals surface area contributed by atoms with Crippen LogP contribution in [0.3, 0.4) is 0 Å². The van der Waals surface area contributed by atoms with Gasteiger partial charge in [0.05, 0.1) is 6.33 Å². The SMILES string of the molecule is CC(C)Cn1ccnc(NC(C)Cn2ccnc2)c1=O. The lowest BCUT2D eigenvalue weighted by atomic mass is 10.2. The Kier molecular flexibility index (Phi) is 4.55. The minimum absolute atomic E-state index is 0.0707. The van der Waals surface area contributed by atoms with Crippen molar-refractivity contribution in [2.24, 2.45) is 5.92 Å². The monoisotopic (exact) mass is 275 g/mol. The van der Waals surface area contributed by atoms with Crippen LogP contribution in [0.5, 0.6) is 0 Å². The summed E-state index contributed by atoms with van der Waals surface area (Å²) in [4.78, 5) is 20.4. The second-order valence-corrected chi connectivity index (χ2v) is 5.43. The highest BCUT2D eigenvalue weighted by Gasteiger charge is 2.09. The molecule has 0 spiro atoms. The van der Waals surface area contributed by atoms with Crippen LogP contribution in [0.1, 0.15) is 20.8 Å². The molecule has 2 rings (SSSR count). The number of rotatable bonds is 6. The molecule has 2 heterocycles. The highest BCUT2D eigenvalue weighted by atomic mass is 16.1. The second kappa shape index (κ2) is 6.36. The fourth-order valence-electron chi connectivity index (χ4n) is 2.07. The fraction of sp³-hybridized carbons (Fsp3) is 0.500. The molecule has 0 radical (unpaired) electrons. The van der Waals surface area contributed by atoms with E-state index in [1.165, 1.54) is 0 Å². The topological polar surface area (TPSA) is 64.7 Å². The first-order valence-electron chi connectivity index (χ1n) is 6.84. The van der Waals surface area contributed by atoms with Crippen molar-refractivity contribution in [3.63, 3.8) is 0 Å². The number of hydrogen-bond donors (Lipinski definition) is 1. The average Bonchev–Trinajstić information content (AvgIpc) is 2.86. The zero-order valence-corrected chi connectivity index (χ0v) is 12.2. The highest BCUT2D eigenvalue weighted by molar-refractivity contribution is 5.31. The zero-order valence-electron chi connectivity index (χ0n) is 12.2. The molecule has 1 unspecified atom stereocenters. The van der Waals surface area contributed by atoms with Gasteiger partial charge < -0.3 is 14.5 Å². The molecule has 6 heteroatoms. The van der Waals surface area contributed by atoms with E-state index in [1.54, 1.807) is 29.5 Å². The molecular formula is C14H21N5O. The maximum absolute atomic E-state index is 12.3. The van der Waals surface area contributed by atoms with Gasteiger partial charge in [-0.15, -0.1) is 0 Å². The quantitative estimate of drug-likeness (QED) is 0.869. The molecule has 0 aliphatic carbocycles. The van der Waals surface area contributed by atoms with Crippen LogP contribution in [0.4, 0.5) is 5.82 Å². The highest BCUT2D eigenvalue weighted by Crippen LogP contribution is 2.02. The largest absolute Gasteiger partial charge is 0.361 e. The van der Waals surface area contributed by atoms with Gasteiger partial charge in [0.2, 0.25) is 0 Å². The van der Waals surface area contributed by atoms with Crippen molar-refractivity contribution in [3.05, 3.63) is 41.5 Å². The molecule has 1 N–H and O–H groups in total. The third kappa shape index (κ3) is 3.69. The van der Waals surface area contributed by atoms with Gasteiger partial charge in [-0.25, -0.2) is 9.97 Å². The molecule has 0 saturated heterocycles. The van der Waals surface area contributed by atoms with Gasteiger partial charge in [-0.1, -0.05) is 13.8 Å². The Hall–Kier alpha value is -2.11. The minimum Gasteiger partial charge on any atom is -0.361 e. The van der Waals surface area contributed by atoms with Crippen molar-refractivity contribution < 1.29 is 0 Å². The average molecular weight is 275 g/mol. The van der Waals surface area contributed by atoms with Crippen LogP contribution in [0.25, 0.3) is 0 Å². The molecule has 2 aromatic heterocycles. The third-order valence-electron chi connectivity index (χ3n) is 2.90. The molecule has 0 saturated carbocycles. The van der Waals surface area contributed by atoms with Gasteiger partial charge >= 0.3 is 0 Å². The molecule has 2 aromatic rings. The number of aromatic nitrogens is 4. The smallest absolute Gasteiger partial charge is 0.293 e. The molecule has 0 bridgehead atoms. The van der Waals surface area contributed by atoms with E-state index in [9.17, 15) is 4.79 Å². The van der Waals surface area contributed by atoms with Crippen LogP contribution in [0, 0.1) is 5.92 Å². The summed E-state index contributed by atoms with van der Waals surface area (Å²) >= 11 is 0. The van der Waals surface area contributed by atoms with Gasteiger partial charge in [-0.3, -0.25) is 4.79 Å². The van der Waals surface area contributed by atoms with Gasteiger partial charge in [-0.05, 0) is 12.8 Å². The molecule has 1 atom stereocenters. The summed E-state index contributed by atoms with van der Waals surface area (Å²) in [5, 5.41) is 3.17. The molecule has 6 nitrogen and oxygen atoms in total. The van der Waals surface area contributed by atoms with Crippen LogP contribution in [0.15, 0.2) is 35.9 Å². The second-order valence-electron chi connectivity index (χ2n) is 5.43. The lowest BCUT2D eigenvalue weighted by molar-refractivity contribution is 0.508. The van der Waals surface area contributed by atoms with Crippen molar-refractivity contribution in [2.75, 3.05) is 5.32 Å². The lowest BCUT2D eigenvalue weighted by Gasteiger charge is -2.16. The normalized spacial score (nSPS) is 12.6. The Morgan fingerprint density at radius 1 is 1.20 bits per heavy atom. The molecule has 0 aromatic carbocycles. The van der Waals surface area contributed by atoms with Crippen molar-refractivity contribution in [3.8, 4) is 0 Å². The number of hydrogen-bond acceptors (Lipinski definition) is 4. The molecule has 0 aliphatic rings. The van der Waals surface area contributed by atoms with E-state index in [0.29, 0.717) is 18.3 Å². The van der Waals surface area contributed by atoms with Crippen LogP contribution >= 0.6 is 0 Å². The van der Waals surface area contributed by atoms with Crippen LogP contribution in [-0.4, -0.2) is 25.1 Å². The molecule has 0 fully saturated rings.